The standard InChI is InChI=1S/C47H30N2S/c1-4-15-32(16-5-1)39-27-38-28-42(34-19-8-3-9-20-34)49-47(41(38)30-40(39)33-17-6-2-7-18-33)45(37-25-24-31-14-10-11-21-35(31)26-37)46(48-49)44-29-36-22-12-13-23-43(36)50-44/h1-30H. The maximum Gasteiger partial charge on any atom is 0.111 e. The Labute approximate surface area is 294 Å². The second-order valence-electron chi connectivity index (χ2n) is 12.8. The Hall–Kier alpha value is -6.29. The van der Waals surface area contributed by atoms with Gasteiger partial charge in [-0.25, -0.2) is 4.52 Å². The van der Waals surface area contributed by atoms with Gasteiger partial charge >= 0.3 is 0 Å². The normalized spacial score (nSPS) is 11.6. The summed E-state index contributed by atoms with van der Waals surface area (Å²) in [7, 11) is 0. The van der Waals surface area contributed by atoms with E-state index in [-0.39, 0.29) is 0 Å². The number of aromatic nitrogens is 2. The van der Waals surface area contributed by atoms with Crippen molar-refractivity contribution in [3.8, 4) is 55.2 Å². The first kappa shape index (κ1) is 28.7. The van der Waals surface area contributed by atoms with Gasteiger partial charge in [-0.1, -0.05) is 146 Å². The summed E-state index contributed by atoms with van der Waals surface area (Å²) in [5.41, 5.74) is 11.4. The highest BCUT2D eigenvalue weighted by Gasteiger charge is 2.24. The molecule has 3 heteroatoms. The molecule has 0 spiro atoms. The Bertz CT molecular complexity index is 2820. The fourth-order valence-electron chi connectivity index (χ4n) is 7.41. The molecule has 0 aliphatic heterocycles. The number of pyridine rings is 1. The van der Waals surface area contributed by atoms with E-state index in [0.717, 1.165) is 38.5 Å². The number of rotatable bonds is 5. The largest absolute Gasteiger partial charge is 0.231 e. The highest BCUT2D eigenvalue weighted by atomic mass is 32.1. The summed E-state index contributed by atoms with van der Waals surface area (Å²) in [5.74, 6) is 0. The molecule has 0 saturated heterocycles. The van der Waals surface area contributed by atoms with Crippen LogP contribution in [0.1, 0.15) is 0 Å². The van der Waals surface area contributed by atoms with Crippen LogP contribution in [-0.4, -0.2) is 9.61 Å². The molecule has 0 radical (unpaired) electrons. The van der Waals surface area contributed by atoms with Gasteiger partial charge in [0.05, 0.1) is 16.1 Å². The number of fused-ring (bicyclic) bond motifs is 5. The molecule has 0 amide bonds. The quantitative estimate of drug-likeness (QED) is 0.181. The number of nitrogens with zero attached hydrogens (tertiary/aromatic N) is 2. The van der Waals surface area contributed by atoms with Crippen LogP contribution < -0.4 is 0 Å². The summed E-state index contributed by atoms with van der Waals surface area (Å²) in [6.07, 6.45) is 0. The lowest BCUT2D eigenvalue weighted by molar-refractivity contribution is 0.981. The van der Waals surface area contributed by atoms with Crippen LogP contribution in [0.25, 0.3) is 92.4 Å². The van der Waals surface area contributed by atoms with Crippen molar-refractivity contribution >= 4 is 48.5 Å². The molecule has 10 rings (SSSR count). The van der Waals surface area contributed by atoms with Gasteiger partial charge in [-0.2, -0.15) is 5.10 Å². The van der Waals surface area contributed by atoms with Gasteiger partial charge in [0.2, 0.25) is 0 Å². The third kappa shape index (κ3) is 4.74. The van der Waals surface area contributed by atoms with Crippen molar-refractivity contribution in [3.63, 3.8) is 0 Å². The third-order valence-corrected chi connectivity index (χ3v) is 10.9. The van der Waals surface area contributed by atoms with Crippen LogP contribution in [0.2, 0.25) is 0 Å². The topological polar surface area (TPSA) is 17.3 Å². The van der Waals surface area contributed by atoms with Crippen molar-refractivity contribution in [2.75, 3.05) is 0 Å². The highest BCUT2D eigenvalue weighted by molar-refractivity contribution is 7.22. The van der Waals surface area contributed by atoms with Gasteiger partial charge in [-0.05, 0) is 85.8 Å². The molecule has 0 unspecified atom stereocenters. The molecule has 0 saturated carbocycles. The van der Waals surface area contributed by atoms with E-state index in [2.05, 4.69) is 187 Å². The van der Waals surface area contributed by atoms with Crippen molar-refractivity contribution in [1.82, 2.24) is 9.61 Å². The Balaban J connectivity index is 1.39. The minimum absolute atomic E-state index is 1.000. The average Bonchev–Trinajstić information content (AvgIpc) is 3.81. The lowest BCUT2D eigenvalue weighted by Crippen LogP contribution is -1.97. The van der Waals surface area contributed by atoms with E-state index in [9.17, 15) is 0 Å². The lowest BCUT2D eigenvalue weighted by atomic mass is 9.90. The summed E-state index contributed by atoms with van der Waals surface area (Å²) >= 11 is 1.81. The van der Waals surface area contributed by atoms with Crippen molar-refractivity contribution in [2.24, 2.45) is 0 Å². The van der Waals surface area contributed by atoms with Crippen LogP contribution in [0.5, 0.6) is 0 Å². The zero-order valence-corrected chi connectivity index (χ0v) is 27.9. The maximum absolute atomic E-state index is 5.57. The fourth-order valence-corrected chi connectivity index (χ4v) is 8.46. The molecule has 0 bridgehead atoms. The smallest absolute Gasteiger partial charge is 0.111 e. The molecule has 2 nitrogen and oxygen atoms in total. The number of benzene rings is 7. The molecular weight excluding hydrogens is 625 g/mol. The molecule has 7 aromatic carbocycles. The van der Waals surface area contributed by atoms with Gasteiger partial charge in [0, 0.05) is 21.2 Å². The minimum atomic E-state index is 1.000. The van der Waals surface area contributed by atoms with Gasteiger partial charge in [0.1, 0.15) is 5.69 Å². The first-order valence-electron chi connectivity index (χ1n) is 17.0. The van der Waals surface area contributed by atoms with E-state index in [1.807, 2.05) is 11.3 Å². The highest BCUT2D eigenvalue weighted by Crippen LogP contribution is 2.46. The first-order chi connectivity index (χ1) is 24.8. The molecular formula is C47H30N2S. The van der Waals surface area contributed by atoms with Gasteiger partial charge in [0.15, 0.2) is 0 Å². The minimum Gasteiger partial charge on any atom is -0.231 e. The first-order valence-corrected chi connectivity index (χ1v) is 17.8. The van der Waals surface area contributed by atoms with Crippen LogP contribution in [0.3, 0.4) is 0 Å². The van der Waals surface area contributed by atoms with E-state index in [0.29, 0.717) is 0 Å². The van der Waals surface area contributed by atoms with Gasteiger partial charge in [0.25, 0.3) is 0 Å². The Kier molecular flexibility index (Phi) is 6.71. The Morgan fingerprint density at radius 3 is 1.72 bits per heavy atom. The van der Waals surface area contributed by atoms with E-state index in [1.54, 1.807) is 0 Å². The molecule has 0 aliphatic rings. The van der Waals surface area contributed by atoms with Crippen LogP contribution in [0.4, 0.5) is 0 Å². The lowest BCUT2D eigenvalue weighted by Gasteiger charge is -2.16. The predicted octanol–water partition coefficient (Wildman–Crippen LogP) is 13.2. The van der Waals surface area contributed by atoms with E-state index < -0.39 is 0 Å². The number of hydrogen-bond acceptors (Lipinski definition) is 2. The van der Waals surface area contributed by atoms with Crippen LogP contribution in [0, 0.1) is 0 Å². The number of hydrogen-bond donors (Lipinski definition) is 0. The van der Waals surface area contributed by atoms with Crippen molar-refractivity contribution in [1.29, 1.82) is 0 Å². The second-order valence-corrected chi connectivity index (χ2v) is 13.9. The van der Waals surface area contributed by atoms with E-state index in [4.69, 9.17) is 5.10 Å². The third-order valence-electron chi connectivity index (χ3n) is 9.79. The summed E-state index contributed by atoms with van der Waals surface area (Å²) in [6.45, 7) is 0. The Morgan fingerprint density at radius 2 is 1.02 bits per heavy atom. The second kappa shape index (κ2) is 11.7. The molecule has 0 N–H and O–H groups in total. The molecule has 3 heterocycles. The zero-order valence-electron chi connectivity index (χ0n) is 27.1. The summed E-state index contributed by atoms with van der Waals surface area (Å²) in [5, 5.41) is 11.6. The molecule has 0 aliphatic carbocycles. The summed E-state index contributed by atoms with van der Waals surface area (Å²) in [6, 6.07) is 65.7. The molecule has 10 aromatic rings. The number of thiophene rings is 1. The van der Waals surface area contributed by atoms with E-state index >= 15 is 0 Å². The SMILES string of the molecule is c1ccc(-c2cc3cc(-c4ccccc4)n4nc(-c5cc6ccccc6s5)c(-c5ccc6ccccc6c5)c4c3cc2-c2ccccc2)cc1. The average molecular weight is 655 g/mol. The predicted molar refractivity (Wildman–Crippen MR) is 213 cm³/mol. The van der Waals surface area contributed by atoms with Crippen LogP contribution in [0.15, 0.2) is 182 Å². The zero-order chi connectivity index (χ0) is 33.0. The van der Waals surface area contributed by atoms with Gasteiger partial charge in [-0.15, -0.1) is 11.3 Å². The van der Waals surface area contributed by atoms with Crippen molar-refractivity contribution < 1.29 is 0 Å². The molecule has 3 aromatic heterocycles. The van der Waals surface area contributed by atoms with Crippen molar-refractivity contribution in [3.05, 3.63) is 182 Å². The monoisotopic (exact) mass is 654 g/mol. The van der Waals surface area contributed by atoms with Gasteiger partial charge in [-0.3, -0.25) is 0 Å². The van der Waals surface area contributed by atoms with Crippen molar-refractivity contribution in [2.45, 2.75) is 0 Å². The summed E-state index contributed by atoms with van der Waals surface area (Å²) in [4.78, 5) is 1.16. The maximum atomic E-state index is 5.57. The molecule has 234 valence electrons. The van der Waals surface area contributed by atoms with Crippen LogP contribution in [-0.2, 0) is 0 Å². The summed E-state index contributed by atoms with van der Waals surface area (Å²) < 4.78 is 3.47. The molecule has 0 fully saturated rings. The van der Waals surface area contributed by atoms with Crippen LogP contribution >= 0.6 is 11.3 Å². The fraction of sp³-hybridized carbons (Fsp3) is 0. The van der Waals surface area contributed by atoms with E-state index in [1.165, 1.54) is 53.9 Å². The molecule has 0 atom stereocenters. The Morgan fingerprint density at radius 1 is 0.420 bits per heavy atom. The van der Waals surface area contributed by atoms with Gasteiger partial charge < -0.3 is 0 Å². The molecule has 50 heavy (non-hydrogen) atoms.